The Balaban J connectivity index is 1.38. The number of hydrogen-bond donors (Lipinski definition) is 2. The number of halogens is 1. The molecule has 3 aliphatic rings. The van der Waals surface area contributed by atoms with Crippen molar-refractivity contribution in [2.45, 2.75) is 12.8 Å². The molecule has 0 atom stereocenters. The zero-order valence-corrected chi connectivity index (χ0v) is 22.2. The van der Waals surface area contributed by atoms with Crippen LogP contribution in [0.25, 0.3) is 16.6 Å². The second-order valence-electron chi connectivity index (χ2n) is 10.2. The van der Waals surface area contributed by atoms with E-state index in [4.69, 9.17) is 26.8 Å². The summed E-state index contributed by atoms with van der Waals surface area (Å²) in [5.41, 5.74) is 7.23. The molecule has 204 valence electrons. The Bertz CT molecular complexity index is 1510. The van der Waals surface area contributed by atoms with Gasteiger partial charge in [-0.25, -0.2) is 0 Å². The van der Waals surface area contributed by atoms with E-state index >= 15 is 0 Å². The molecule has 3 aromatic rings. The number of nitrogens with zero attached hydrogens (tertiary/aromatic N) is 3. The molecule has 10 nitrogen and oxygen atoms in total. The predicted molar refractivity (Wildman–Crippen MR) is 148 cm³/mol. The van der Waals surface area contributed by atoms with Crippen molar-refractivity contribution < 1.29 is 19.1 Å². The molecule has 0 saturated carbocycles. The molecular formula is C28H30ClN5O5. The third-order valence-electron chi connectivity index (χ3n) is 7.77. The van der Waals surface area contributed by atoms with E-state index in [1.54, 1.807) is 24.4 Å². The average molecular weight is 552 g/mol. The van der Waals surface area contributed by atoms with Crippen LogP contribution in [0.3, 0.4) is 0 Å². The lowest BCUT2D eigenvalue weighted by Gasteiger charge is -2.33. The normalized spacial score (nSPS) is 17.5. The van der Waals surface area contributed by atoms with E-state index in [2.05, 4.69) is 15.1 Å². The average Bonchev–Trinajstić information content (AvgIpc) is 2.95. The number of carbonyl (C=O) groups excluding carboxylic acids is 2. The first-order valence-corrected chi connectivity index (χ1v) is 13.6. The summed E-state index contributed by atoms with van der Waals surface area (Å²) in [7, 11) is 0. The number of primary amides is 1. The maximum atomic E-state index is 13.8. The number of fused-ring (bicyclic) bond motifs is 2. The fourth-order valence-electron chi connectivity index (χ4n) is 5.58. The molecule has 0 bridgehead atoms. The van der Waals surface area contributed by atoms with E-state index in [9.17, 15) is 14.4 Å². The van der Waals surface area contributed by atoms with Crippen LogP contribution < -0.4 is 26.1 Å². The highest BCUT2D eigenvalue weighted by Crippen LogP contribution is 2.43. The Kier molecular flexibility index (Phi) is 6.92. The smallest absolute Gasteiger partial charge is 0.256 e. The molecule has 0 unspecified atom stereocenters. The van der Waals surface area contributed by atoms with Crippen molar-refractivity contribution in [2.75, 3.05) is 57.4 Å². The first-order chi connectivity index (χ1) is 18.9. The van der Waals surface area contributed by atoms with Gasteiger partial charge in [-0.1, -0.05) is 11.6 Å². The van der Waals surface area contributed by atoms with Crippen LogP contribution in [0.1, 0.15) is 23.2 Å². The van der Waals surface area contributed by atoms with Crippen molar-refractivity contribution >= 4 is 40.0 Å². The van der Waals surface area contributed by atoms with Crippen LogP contribution in [0.4, 0.5) is 5.69 Å². The molecule has 3 aliphatic heterocycles. The highest BCUT2D eigenvalue weighted by atomic mass is 35.5. The van der Waals surface area contributed by atoms with Gasteiger partial charge in [0.15, 0.2) is 11.5 Å². The van der Waals surface area contributed by atoms with Gasteiger partial charge < -0.3 is 30.0 Å². The van der Waals surface area contributed by atoms with E-state index in [0.717, 1.165) is 18.8 Å². The van der Waals surface area contributed by atoms with Crippen LogP contribution in [-0.4, -0.2) is 73.8 Å². The Morgan fingerprint density at radius 1 is 1.05 bits per heavy atom. The van der Waals surface area contributed by atoms with E-state index in [0.29, 0.717) is 85.3 Å². The predicted octanol–water partition coefficient (Wildman–Crippen LogP) is 2.51. The maximum absolute atomic E-state index is 13.8. The standard InChI is InChI=1S/C28H30ClN5O5/c29-18-1-2-23-22(13-18)34-16-21(28(37)31-5-8-32-9-11-38-12-10-32)26(35)20-14-19(15-24(39-23)25(20)34)33-6-3-17(4-7-33)27(30)36/h1-2,13-17H,3-12H2,(H2,30,36)(H,31,37). The minimum Gasteiger partial charge on any atom is -0.453 e. The van der Waals surface area contributed by atoms with Crippen molar-refractivity contribution in [1.82, 2.24) is 14.8 Å². The Morgan fingerprint density at radius 3 is 2.56 bits per heavy atom. The second kappa shape index (κ2) is 10.5. The van der Waals surface area contributed by atoms with Gasteiger partial charge in [-0.15, -0.1) is 0 Å². The number of morpholine rings is 1. The number of hydrogen-bond acceptors (Lipinski definition) is 7. The number of piperidine rings is 1. The van der Waals surface area contributed by atoms with Gasteiger partial charge in [0.2, 0.25) is 11.3 Å². The fourth-order valence-corrected chi connectivity index (χ4v) is 5.74. The van der Waals surface area contributed by atoms with Crippen LogP contribution in [0.5, 0.6) is 11.5 Å². The molecule has 2 amide bonds. The molecule has 4 heterocycles. The van der Waals surface area contributed by atoms with E-state index in [-0.39, 0.29) is 22.8 Å². The number of ether oxygens (including phenoxy) is 2. The van der Waals surface area contributed by atoms with Crippen LogP contribution in [0.2, 0.25) is 5.02 Å². The van der Waals surface area contributed by atoms with Gasteiger partial charge in [-0.2, -0.15) is 0 Å². The van der Waals surface area contributed by atoms with Crippen LogP contribution in [0, 0.1) is 5.92 Å². The number of nitrogens with one attached hydrogen (secondary N) is 1. The molecule has 2 fully saturated rings. The summed E-state index contributed by atoms with van der Waals surface area (Å²) in [6.07, 6.45) is 2.86. The zero-order chi connectivity index (χ0) is 27.1. The lowest BCUT2D eigenvalue weighted by molar-refractivity contribution is -0.122. The third kappa shape index (κ3) is 4.95. The summed E-state index contributed by atoms with van der Waals surface area (Å²) in [5, 5.41) is 3.81. The summed E-state index contributed by atoms with van der Waals surface area (Å²) in [5.74, 6) is 0.223. The number of benzene rings is 2. The zero-order valence-electron chi connectivity index (χ0n) is 21.5. The van der Waals surface area contributed by atoms with E-state index < -0.39 is 5.91 Å². The number of aromatic nitrogens is 1. The lowest BCUT2D eigenvalue weighted by Crippen LogP contribution is -2.42. The molecule has 2 saturated heterocycles. The number of carbonyl (C=O) groups is 2. The van der Waals surface area contributed by atoms with Crippen molar-refractivity contribution in [3.63, 3.8) is 0 Å². The van der Waals surface area contributed by atoms with Gasteiger partial charge in [-0.05, 0) is 37.1 Å². The van der Waals surface area contributed by atoms with Crippen molar-refractivity contribution in [2.24, 2.45) is 11.7 Å². The first kappa shape index (κ1) is 25.7. The summed E-state index contributed by atoms with van der Waals surface area (Å²) < 4.78 is 13.4. The second-order valence-corrected chi connectivity index (χ2v) is 10.6. The molecule has 2 aromatic carbocycles. The Hall–Kier alpha value is -3.60. The van der Waals surface area contributed by atoms with Crippen molar-refractivity contribution in [3.05, 3.63) is 57.3 Å². The molecular weight excluding hydrogens is 522 g/mol. The lowest BCUT2D eigenvalue weighted by atomic mass is 9.95. The van der Waals surface area contributed by atoms with Gasteiger partial charge in [0.25, 0.3) is 5.91 Å². The van der Waals surface area contributed by atoms with E-state index in [1.807, 2.05) is 16.7 Å². The Morgan fingerprint density at radius 2 is 1.82 bits per heavy atom. The van der Waals surface area contributed by atoms with Gasteiger partial charge in [-0.3, -0.25) is 19.3 Å². The summed E-state index contributed by atoms with van der Waals surface area (Å²) in [4.78, 5) is 43.1. The number of rotatable bonds is 6. The minimum absolute atomic E-state index is 0.0489. The highest BCUT2D eigenvalue weighted by molar-refractivity contribution is 6.30. The molecule has 1 aromatic heterocycles. The van der Waals surface area contributed by atoms with Gasteiger partial charge in [0, 0.05) is 68.2 Å². The first-order valence-electron chi connectivity index (χ1n) is 13.2. The minimum atomic E-state index is -0.428. The largest absolute Gasteiger partial charge is 0.453 e. The molecule has 6 rings (SSSR count). The van der Waals surface area contributed by atoms with Gasteiger partial charge in [0.1, 0.15) is 11.1 Å². The van der Waals surface area contributed by atoms with Gasteiger partial charge >= 0.3 is 0 Å². The monoisotopic (exact) mass is 551 g/mol. The molecule has 0 spiro atoms. The number of amides is 2. The number of anilines is 1. The summed E-state index contributed by atoms with van der Waals surface area (Å²) in [6.45, 7) is 5.34. The van der Waals surface area contributed by atoms with Crippen LogP contribution in [0.15, 0.2) is 41.3 Å². The number of pyridine rings is 1. The third-order valence-corrected chi connectivity index (χ3v) is 8.01. The van der Waals surface area contributed by atoms with Crippen LogP contribution >= 0.6 is 11.6 Å². The fraction of sp³-hybridized carbons (Fsp3) is 0.393. The molecule has 11 heteroatoms. The topological polar surface area (TPSA) is 119 Å². The molecule has 3 N–H and O–H groups in total. The summed E-state index contributed by atoms with van der Waals surface area (Å²) in [6, 6.07) is 8.99. The van der Waals surface area contributed by atoms with Crippen LogP contribution in [-0.2, 0) is 9.53 Å². The summed E-state index contributed by atoms with van der Waals surface area (Å²) >= 11 is 6.31. The van der Waals surface area contributed by atoms with Gasteiger partial charge in [0.05, 0.1) is 24.3 Å². The molecule has 0 aliphatic carbocycles. The van der Waals surface area contributed by atoms with Crippen molar-refractivity contribution in [1.29, 1.82) is 0 Å². The van der Waals surface area contributed by atoms with E-state index in [1.165, 1.54) is 0 Å². The maximum Gasteiger partial charge on any atom is 0.256 e. The SMILES string of the molecule is NC(=O)C1CCN(c2cc3c4c(c2)c(=O)c(C(=O)NCCN2CCOCC2)cn4-c2cc(Cl)ccc2O3)CC1. The molecule has 0 radical (unpaired) electrons. The highest BCUT2D eigenvalue weighted by Gasteiger charge is 2.28. The molecule has 39 heavy (non-hydrogen) atoms. The number of nitrogens with two attached hydrogens (primary N) is 1. The Labute approximate surface area is 230 Å². The quantitative estimate of drug-likeness (QED) is 0.378. The van der Waals surface area contributed by atoms with Crippen molar-refractivity contribution in [3.8, 4) is 17.2 Å².